The van der Waals surface area contributed by atoms with Crippen LogP contribution in [0.25, 0.3) is 0 Å². The summed E-state index contributed by atoms with van der Waals surface area (Å²) in [7, 11) is 0. The molecule has 0 amide bonds. The maximum atomic E-state index is 10.5. The molecule has 1 N–H and O–H groups in total. The minimum absolute atomic E-state index is 0.309. The van der Waals surface area contributed by atoms with E-state index >= 15 is 0 Å². The van der Waals surface area contributed by atoms with Crippen LogP contribution in [0.1, 0.15) is 37.0 Å². The van der Waals surface area contributed by atoms with Crippen LogP contribution in [0.15, 0.2) is 48.5 Å². The molecule has 0 saturated carbocycles. The molecule has 2 atom stereocenters. The summed E-state index contributed by atoms with van der Waals surface area (Å²) in [6, 6.07) is 16.6. The molecule has 0 heterocycles. The zero-order valence-corrected chi connectivity index (χ0v) is 15.9. The Labute approximate surface area is 152 Å². The van der Waals surface area contributed by atoms with E-state index in [2.05, 4.69) is 50.8 Å². The average molecular weight is 341 g/mol. The van der Waals surface area contributed by atoms with Gasteiger partial charge in [0.2, 0.25) is 0 Å². The lowest BCUT2D eigenvalue weighted by Crippen LogP contribution is -2.40. The fourth-order valence-electron chi connectivity index (χ4n) is 2.93. The number of nitrogens with zero attached hydrogens (tertiary/aromatic N) is 1. The van der Waals surface area contributed by atoms with E-state index in [0.717, 1.165) is 18.7 Å². The number of aliphatic hydroxyl groups excluding tert-OH is 1. The van der Waals surface area contributed by atoms with Gasteiger partial charge in [0.15, 0.2) is 0 Å². The van der Waals surface area contributed by atoms with Crippen molar-refractivity contribution in [1.29, 1.82) is 0 Å². The Bertz CT molecular complexity index is 642. The molecule has 2 rings (SSSR count). The predicted octanol–water partition coefficient (Wildman–Crippen LogP) is 4.34. The van der Waals surface area contributed by atoms with Gasteiger partial charge in [0.25, 0.3) is 0 Å². The molecule has 0 spiro atoms. The summed E-state index contributed by atoms with van der Waals surface area (Å²) in [4.78, 5) is 2.34. The van der Waals surface area contributed by atoms with E-state index in [9.17, 15) is 5.11 Å². The van der Waals surface area contributed by atoms with E-state index in [1.54, 1.807) is 0 Å². The van der Waals surface area contributed by atoms with E-state index in [-0.39, 0.29) is 0 Å². The number of aliphatic hydroxyl groups is 1. The van der Waals surface area contributed by atoms with Gasteiger partial charge in [-0.25, -0.2) is 0 Å². The summed E-state index contributed by atoms with van der Waals surface area (Å²) in [5.74, 6) is 0.797. The fourth-order valence-corrected chi connectivity index (χ4v) is 2.93. The smallest absolute Gasteiger partial charge is 0.119 e. The normalized spacial score (nSPS) is 13.7. The molecule has 3 heteroatoms. The summed E-state index contributed by atoms with van der Waals surface area (Å²) in [6.07, 6.45) is 0.539. The van der Waals surface area contributed by atoms with Gasteiger partial charge in [-0.1, -0.05) is 48.9 Å². The van der Waals surface area contributed by atoms with Crippen LogP contribution in [-0.2, 0) is 6.54 Å². The van der Waals surface area contributed by atoms with E-state index < -0.39 is 6.10 Å². The fraction of sp³-hybridized carbons (Fsp3) is 0.455. The highest BCUT2D eigenvalue weighted by Crippen LogP contribution is 2.17. The molecule has 2 aromatic rings. The molecule has 0 aliphatic heterocycles. The first-order chi connectivity index (χ1) is 12.0. The first kappa shape index (κ1) is 19.5. The Kier molecular flexibility index (Phi) is 7.48. The van der Waals surface area contributed by atoms with Crippen molar-refractivity contribution in [3.8, 4) is 5.75 Å². The van der Waals surface area contributed by atoms with Crippen molar-refractivity contribution in [2.45, 2.75) is 52.8 Å². The van der Waals surface area contributed by atoms with Crippen LogP contribution in [0.2, 0.25) is 0 Å². The lowest BCUT2D eigenvalue weighted by atomic mass is 10.0. The number of para-hydroxylation sites is 1. The second-order valence-electron chi connectivity index (χ2n) is 6.89. The largest absolute Gasteiger partial charge is 0.491 e. The summed E-state index contributed by atoms with van der Waals surface area (Å²) in [6.45, 7) is 10.4. The van der Waals surface area contributed by atoms with Crippen LogP contribution in [0.5, 0.6) is 5.75 Å². The Morgan fingerprint density at radius 2 is 1.80 bits per heavy atom. The van der Waals surface area contributed by atoms with Crippen LogP contribution in [0.4, 0.5) is 0 Å². The molecular formula is C22H31NO2. The lowest BCUT2D eigenvalue weighted by molar-refractivity contribution is 0.0505. The van der Waals surface area contributed by atoms with Gasteiger partial charge in [-0.05, 0) is 50.5 Å². The molecule has 0 aliphatic rings. The van der Waals surface area contributed by atoms with Gasteiger partial charge in [-0.2, -0.15) is 0 Å². The van der Waals surface area contributed by atoms with Crippen LogP contribution >= 0.6 is 0 Å². The molecule has 3 nitrogen and oxygen atoms in total. The molecule has 25 heavy (non-hydrogen) atoms. The highest BCUT2D eigenvalue weighted by molar-refractivity contribution is 5.30. The Hall–Kier alpha value is -1.84. The Morgan fingerprint density at radius 3 is 2.44 bits per heavy atom. The SMILES string of the molecule is CC[C@H](C)N(Cc1ccc(C)cc1C)C[C@H](O)COc1ccccc1. The summed E-state index contributed by atoms with van der Waals surface area (Å²) in [5, 5.41) is 10.5. The third-order valence-corrected chi connectivity index (χ3v) is 4.72. The second-order valence-corrected chi connectivity index (χ2v) is 6.89. The van der Waals surface area contributed by atoms with Gasteiger partial charge in [0.1, 0.15) is 18.5 Å². The molecule has 0 fully saturated rings. The van der Waals surface area contributed by atoms with Crippen molar-refractivity contribution in [1.82, 2.24) is 4.90 Å². The zero-order valence-electron chi connectivity index (χ0n) is 15.9. The van der Waals surface area contributed by atoms with Crippen molar-refractivity contribution in [2.24, 2.45) is 0 Å². The third kappa shape index (κ3) is 6.18. The van der Waals surface area contributed by atoms with Gasteiger partial charge < -0.3 is 9.84 Å². The highest BCUT2D eigenvalue weighted by Gasteiger charge is 2.18. The average Bonchev–Trinajstić information content (AvgIpc) is 2.61. The Morgan fingerprint density at radius 1 is 1.08 bits per heavy atom. The molecule has 0 unspecified atom stereocenters. The molecule has 0 aromatic heterocycles. The molecule has 0 bridgehead atoms. The summed E-state index contributed by atoms with van der Waals surface area (Å²) < 4.78 is 5.70. The number of ether oxygens (including phenoxy) is 1. The number of hydrogen-bond donors (Lipinski definition) is 1. The third-order valence-electron chi connectivity index (χ3n) is 4.72. The monoisotopic (exact) mass is 341 g/mol. The first-order valence-electron chi connectivity index (χ1n) is 9.15. The number of benzene rings is 2. The quantitative estimate of drug-likeness (QED) is 0.736. The van der Waals surface area contributed by atoms with Gasteiger partial charge in [-0.3, -0.25) is 4.90 Å². The lowest BCUT2D eigenvalue weighted by Gasteiger charge is -2.31. The van der Waals surface area contributed by atoms with Gasteiger partial charge in [-0.15, -0.1) is 0 Å². The number of hydrogen-bond acceptors (Lipinski definition) is 3. The van der Waals surface area contributed by atoms with Crippen molar-refractivity contribution >= 4 is 0 Å². The molecular weight excluding hydrogens is 310 g/mol. The maximum absolute atomic E-state index is 10.5. The van der Waals surface area contributed by atoms with Crippen molar-refractivity contribution < 1.29 is 9.84 Å². The minimum Gasteiger partial charge on any atom is -0.491 e. The predicted molar refractivity (Wildman–Crippen MR) is 104 cm³/mol. The molecule has 2 aromatic carbocycles. The van der Waals surface area contributed by atoms with Crippen LogP contribution in [-0.4, -0.2) is 35.3 Å². The summed E-state index contributed by atoms with van der Waals surface area (Å²) >= 11 is 0. The van der Waals surface area contributed by atoms with Gasteiger partial charge >= 0.3 is 0 Å². The van der Waals surface area contributed by atoms with Crippen LogP contribution in [0, 0.1) is 13.8 Å². The van der Waals surface area contributed by atoms with Crippen LogP contribution < -0.4 is 4.74 Å². The number of rotatable bonds is 9. The maximum Gasteiger partial charge on any atom is 0.119 e. The zero-order chi connectivity index (χ0) is 18.2. The van der Waals surface area contributed by atoms with Crippen LogP contribution in [0.3, 0.4) is 0 Å². The van der Waals surface area contributed by atoms with E-state index in [0.29, 0.717) is 19.2 Å². The minimum atomic E-state index is -0.514. The standard InChI is InChI=1S/C22H31NO2/c1-5-19(4)23(14-20-12-11-17(2)13-18(20)3)15-21(24)16-25-22-9-7-6-8-10-22/h6-13,19,21,24H,5,14-16H2,1-4H3/t19-,21-/m0/s1. The second kappa shape index (κ2) is 9.59. The molecule has 0 saturated heterocycles. The van der Waals surface area contributed by atoms with E-state index in [1.807, 2.05) is 30.3 Å². The highest BCUT2D eigenvalue weighted by atomic mass is 16.5. The van der Waals surface area contributed by atoms with E-state index in [1.165, 1.54) is 16.7 Å². The summed E-state index contributed by atoms with van der Waals surface area (Å²) in [5.41, 5.74) is 3.91. The Balaban J connectivity index is 1.97. The first-order valence-corrected chi connectivity index (χ1v) is 9.15. The van der Waals surface area contributed by atoms with Crippen molar-refractivity contribution in [3.63, 3.8) is 0 Å². The van der Waals surface area contributed by atoms with Gasteiger partial charge in [0, 0.05) is 19.1 Å². The molecule has 0 radical (unpaired) electrons. The van der Waals surface area contributed by atoms with Crippen molar-refractivity contribution in [2.75, 3.05) is 13.2 Å². The molecule has 0 aliphatic carbocycles. The number of aryl methyl sites for hydroxylation is 2. The van der Waals surface area contributed by atoms with Crippen molar-refractivity contribution in [3.05, 3.63) is 65.2 Å². The molecule has 136 valence electrons. The van der Waals surface area contributed by atoms with E-state index in [4.69, 9.17) is 4.74 Å². The van der Waals surface area contributed by atoms with Gasteiger partial charge in [0.05, 0.1) is 0 Å². The topological polar surface area (TPSA) is 32.7 Å².